The number of carbonyl (C=O) groups is 2. The van der Waals surface area contributed by atoms with Crippen LogP contribution in [0.4, 0.5) is 19.0 Å². The van der Waals surface area contributed by atoms with Gasteiger partial charge in [-0.2, -0.15) is 18.3 Å². The Balaban J connectivity index is 1.48. The Labute approximate surface area is 177 Å². The molecule has 2 aliphatic rings. The lowest BCUT2D eigenvalue weighted by molar-refractivity contribution is -0.137. The topological polar surface area (TPSA) is 67.7 Å². The van der Waals surface area contributed by atoms with Crippen molar-refractivity contribution in [3.8, 4) is 0 Å². The molecular weight excluding hydrogens is 413 g/mol. The second-order valence-corrected chi connectivity index (χ2v) is 7.91. The Morgan fingerprint density at radius 3 is 2.45 bits per heavy atom. The molecule has 0 atom stereocenters. The van der Waals surface area contributed by atoms with Gasteiger partial charge in [0.2, 0.25) is 5.91 Å². The van der Waals surface area contributed by atoms with E-state index in [9.17, 15) is 22.8 Å². The lowest BCUT2D eigenvalue weighted by Crippen LogP contribution is -2.55. The minimum atomic E-state index is -4.44. The molecule has 1 spiro atoms. The van der Waals surface area contributed by atoms with Crippen LogP contribution in [0.3, 0.4) is 0 Å². The fraction of sp³-hybridized carbons (Fsp3) is 0.476. The van der Waals surface area contributed by atoms with Crippen LogP contribution in [0.5, 0.6) is 0 Å². The van der Waals surface area contributed by atoms with Gasteiger partial charge in [0.25, 0.3) is 5.91 Å². The molecule has 3 heterocycles. The van der Waals surface area contributed by atoms with Crippen molar-refractivity contribution in [2.24, 2.45) is 0 Å². The molecular formula is C21H23F3N4O3. The molecule has 1 saturated heterocycles. The van der Waals surface area contributed by atoms with E-state index in [1.807, 2.05) is 4.68 Å². The monoisotopic (exact) mass is 436 g/mol. The van der Waals surface area contributed by atoms with Gasteiger partial charge in [-0.3, -0.25) is 14.5 Å². The van der Waals surface area contributed by atoms with Gasteiger partial charge in [0.15, 0.2) is 0 Å². The molecule has 31 heavy (non-hydrogen) atoms. The molecule has 1 aromatic carbocycles. The number of benzene rings is 1. The van der Waals surface area contributed by atoms with E-state index in [0.29, 0.717) is 39.1 Å². The highest BCUT2D eigenvalue weighted by atomic mass is 19.4. The van der Waals surface area contributed by atoms with Crippen LogP contribution in [0.15, 0.2) is 36.5 Å². The smallest absolute Gasteiger partial charge is 0.383 e. The first kappa shape index (κ1) is 21.4. The summed E-state index contributed by atoms with van der Waals surface area (Å²) < 4.78 is 45.3. The molecule has 0 bridgehead atoms. The number of ether oxygens (including phenoxy) is 1. The molecule has 2 amide bonds. The van der Waals surface area contributed by atoms with Crippen molar-refractivity contribution in [2.75, 3.05) is 38.3 Å². The SMILES string of the molecule is COCCN1C(=O)CC2(CCN(C(=O)c3ccc(C(F)(F)F)cc3)CC2)n2nccc21. The molecule has 10 heteroatoms. The Kier molecular flexibility index (Phi) is 5.50. The van der Waals surface area contributed by atoms with Crippen molar-refractivity contribution < 1.29 is 27.5 Å². The molecule has 0 N–H and O–H groups in total. The molecule has 1 fully saturated rings. The molecule has 1 aromatic heterocycles. The molecule has 7 nitrogen and oxygen atoms in total. The van der Waals surface area contributed by atoms with E-state index < -0.39 is 17.3 Å². The molecule has 0 unspecified atom stereocenters. The lowest BCUT2D eigenvalue weighted by Gasteiger charge is -2.46. The van der Waals surface area contributed by atoms with Crippen molar-refractivity contribution in [3.63, 3.8) is 0 Å². The van der Waals surface area contributed by atoms with Crippen LogP contribution < -0.4 is 4.90 Å². The van der Waals surface area contributed by atoms with Crippen LogP contribution >= 0.6 is 0 Å². The number of aromatic nitrogens is 2. The van der Waals surface area contributed by atoms with Gasteiger partial charge in [-0.25, -0.2) is 4.68 Å². The summed E-state index contributed by atoms with van der Waals surface area (Å²) in [7, 11) is 1.58. The predicted molar refractivity (Wildman–Crippen MR) is 106 cm³/mol. The number of rotatable bonds is 4. The minimum Gasteiger partial charge on any atom is -0.383 e. The van der Waals surface area contributed by atoms with E-state index >= 15 is 0 Å². The maximum Gasteiger partial charge on any atom is 0.416 e. The Morgan fingerprint density at radius 1 is 1.16 bits per heavy atom. The lowest BCUT2D eigenvalue weighted by atomic mass is 9.82. The number of halogens is 3. The zero-order valence-electron chi connectivity index (χ0n) is 17.1. The number of alkyl halides is 3. The molecule has 2 aliphatic heterocycles. The number of methoxy groups -OCH3 is 1. The number of fused-ring (bicyclic) bond motifs is 2. The summed E-state index contributed by atoms with van der Waals surface area (Å²) in [6.07, 6.45) is -1.41. The van der Waals surface area contributed by atoms with E-state index in [1.165, 1.54) is 12.1 Å². The third-order valence-corrected chi connectivity index (χ3v) is 6.09. The van der Waals surface area contributed by atoms with Crippen molar-refractivity contribution in [2.45, 2.75) is 31.0 Å². The average molecular weight is 436 g/mol. The predicted octanol–water partition coefficient (Wildman–Crippen LogP) is 2.92. The zero-order valence-corrected chi connectivity index (χ0v) is 17.1. The second-order valence-electron chi connectivity index (χ2n) is 7.91. The van der Waals surface area contributed by atoms with Gasteiger partial charge in [-0.05, 0) is 37.1 Å². The van der Waals surface area contributed by atoms with E-state index in [-0.39, 0.29) is 23.8 Å². The van der Waals surface area contributed by atoms with Gasteiger partial charge in [-0.15, -0.1) is 0 Å². The van der Waals surface area contributed by atoms with Crippen LogP contribution in [-0.2, 0) is 21.2 Å². The van der Waals surface area contributed by atoms with Crippen LogP contribution in [0.1, 0.15) is 35.2 Å². The van der Waals surface area contributed by atoms with E-state index in [1.54, 1.807) is 29.2 Å². The fourth-order valence-corrected chi connectivity index (χ4v) is 4.37. The largest absolute Gasteiger partial charge is 0.416 e. The first-order chi connectivity index (χ1) is 14.7. The van der Waals surface area contributed by atoms with Crippen molar-refractivity contribution in [3.05, 3.63) is 47.7 Å². The van der Waals surface area contributed by atoms with Gasteiger partial charge >= 0.3 is 6.18 Å². The van der Waals surface area contributed by atoms with Crippen molar-refractivity contribution >= 4 is 17.6 Å². The van der Waals surface area contributed by atoms with Gasteiger partial charge in [0.05, 0.1) is 36.9 Å². The molecule has 2 aromatic rings. The molecule has 0 saturated carbocycles. The highest BCUT2D eigenvalue weighted by Crippen LogP contribution is 2.41. The summed E-state index contributed by atoms with van der Waals surface area (Å²) in [6.45, 7) is 1.64. The summed E-state index contributed by atoms with van der Waals surface area (Å²) in [5, 5.41) is 4.46. The number of hydrogen-bond acceptors (Lipinski definition) is 4. The van der Waals surface area contributed by atoms with Crippen LogP contribution in [0, 0.1) is 0 Å². The van der Waals surface area contributed by atoms with Gasteiger partial charge in [0, 0.05) is 31.8 Å². The van der Waals surface area contributed by atoms with Crippen LogP contribution in [0.2, 0.25) is 0 Å². The van der Waals surface area contributed by atoms with Crippen molar-refractivity contribution in [1.29, 1.82) is 0 Å². The first-order valence-electron chi connectivity index (χ1n) is 10.1. The number of anilines is 1. The number of hydrogen-bond donors (Lipinski definition) is 0. The summed E-state index contributed by atoms with van der Waals surface area (Å²) in [6, 6.07) is 6.05. The number of likely N-dealkylation sites (tertiary alicyclic amines) is 1. The van der Waals surface area contributed by atoms with Crippen LogP contribution in [-0.4, -0.2) is 59.8 Å². The summed E-state index contributed by atoms with van der Waals surface area (Å²) >= 11 is 0. The molecule has 0 radical (unpaired) electrons. The number of amides is 2. The summed E-state index contributed by atoms with van der Waals surface area (Å²) in [4.78, 5) is 28.9. The normalized spacial score (nSPS) is 18.4. The highest BCUT2D eigenvalue weighted by molar-refractivity contribution is 5.95. The van der Waals surface area contributed by atoms with E-state index in [2.05, 4.69) is 5.10 Å². The van der Waals surface area contributed by atoms with Gasteiger partial charge in [0.1, 0.15) is 5.82 Å². The first-order valence-corrected chi connectivity index (χ1v) is 10.1. The Morgan fingerprint density at radius 2 is 1.84 bits per heavy atom. The zero-order chi connectivity index (χ0) is 22.2. The van der Waals surface area contributed by atoms with Crippen LogP contribution in [0.25, 0.3) is 0 Å². The molecule has 0 aliphatic carbocycles. The number of nitrogens with zero attached hydrogens (tertiary/aromatic N) is 4. The van der Waals surface area contributed by atoms with Gasteiger partial charge in [-0.1, -0.05) is 0 Å². The number of piperidine rings is 1. The second kappa shape index (κ2) is 7.99. The Bertz CT molecular complexity index is 963. The molecule has 166 valence electrons. The summed E-state index contributed by atoms with van der Waals surface area (Å²) in [5.74, 6) is 0.400. The average Bonchev–Trinajstić information content (AvgIpc) is 3.24. The minimum absolute atomic E-state index is 0.00688. The van der Waals surface area contributed by atoms with E-state index in [4.69, 9.17) is 4.74 Å². The fourth-order valence-electron chi connectivity index (χ4n) is 4.37. The third-order valence-electron chi connectivity index (χ3n) is 6.09. The molecule has 4 rings (SSSR count). The van der Waals surface area contributed by atoms with Crippen molar-refractivity contribution in [1.82, 2.24) is 14.7 Å². The maximum atomic E-state index is 12.8. The van der Waals surface area contributed by atoms with E-state index in [0.717, 1.165) is 18.0 Å². The number of carbonyl (C=O) groups excluding carboxylic acids is 2. The third kappa shape index (κ3) is 3.91. The van der Waals surface area contributed by atoms with Gasteiger partial charge < -0.3 is 9.64 Å². The standard InChI is InChI=1S/C21H23F3N4O3/c1-31-13-12-27-17-6-9-25-28(17)20(14-18(27)29)7-10-26(11-8-20)19(30)15-2-4-16(5-3-15)21(22,23)24/h2-6,9H,7-8,10-14H2,1H3. The maximum absolute atomic E-state index is 12.8. The Hall–Kier alpha value is -2.88. The quantitative estimate of drug-likeness (QED) is 0.739. The highest BCUT2D eigenvalue weighted by Gasteiger charge is 2.46. The summed E-state index contributed by atoms with van der Waals surface area (Å²) in [5.41, 5.74) is -1.07.